The van der Waals surface area contributed by atoms with E-state index in [1.165, 1.54) is 0 Å². The fourth-order valence-electron chi connectivity index (χ4n) is 3.58. The molecule has 1 amide bonds. The Hall–Kier alpha value is -2.87. The summed E-state index contributed by atoms with van der Waals surface area (Å²) in [6.07, 6.45) is 5.37. The van der Waals surface area contributed by atoms with E-state index in [1.807, 2.05) is 36.2 Å². The van der Waals surface area contributed by atoms with Crippen molar-refractivity contribution in [2.24, 2.45) is 5.92 Å². The predicted molar refractivity (Wildman–Crippen MR) is 106 cm³/mol. The highest BCUT2D eigenvalue weighted by Crippen LogP contribution is 2.25. The first-order valence-electron chi connectivity index (χ1n) is 9.54. The van der Waals surface area contributed by atoms with Gasteiger partial charge in [0.25, 0.3) is 0 Å². The molecule has 0 bridgehead atoms. The molecule has 5 heteroatoms. The summed E-state index contributed by atoms with van der Waals surface area (Å²) < 4.78 is 0. The first-order chi connectivity index (χ1) is 13.2. The van der Waals surface area contributed by atoms with Crippen molar-refractivity contribution in [3.8, 4) is 6.07 Å². The molecule has 0 atom stereocenters. The van der Waals surface area contributed by atoms with Gasteiger partial charge in [0, 0.05) is 39.3 Å². The summed E-state index contributed by atoms with van der Waals surface area (Å²) in [4.78, 5) is 20.9. The highest BCUT2D eigenvalue weighted by molar-refractivity contribution is 5.75. The van der Waals surface area contributed by atoms with Gasteiger partial charge in [0.2, 0.25) is 5.91 Å². The Kier molecular flexibility index (Phi) is 6.43. The second-order valence-electron chi connectivity index (χ2n) is 7.22. The van der Waals surface area contributed by atoms with E-state index in [4.69, 9.17) is 5.26 Å². The molecular formula is C22H26N4O. The molecule has 3 rings (SSSR count). The molecule has 27 heavy (non-hydrogen) atoms. The Morgan fingerprint density at radius 3 is 2.70 bits per heavy atom. The number of pyridine rings is 1. The second-order valence-corrected chi connectivity index (χ2v) is 7.22. The first kappa shape index (κ1) is 18.9. The van der Waals surface area contributed by atoms with Gasteiger partial charge in [0.05, 0.1) is 11.6 Å². The molecule has 140 valence electrons. The van der Waals surface area contributed by atoms with Crippen LogP contribution in [-0.4, -0.2) is 35.9 Å². The lowest BCUT2D eigenvalue weighted by atomic mass is 9.92. The molecule has 0 aliphatic carbocycles. The highest BCUT2D eigenvalue weighted by Gasteiger charge is 2.21. The van der Waals surface area contributed by atoms with E-state index in [0.29, 0.717) is 24.4 Å². The van der Waals surface area contributed by atoms with Gasteiger partial charge in [-0.25, -0.2) is 4.98 Å². The standard InChI is InChI=1S/C22H26N4O/c1-25(17-19-5-3-2-4-6-19)22(27)8-7-18-10-13-26(14-11-18)21-15-20(16-23)9-12-24-21/h2-6,9,12,15,18H,7-8,10-11,13-14,17H2,1H3. The molecule has 1 saturated heterocycles. The minimum Gasteiger partial charge on any atom is -0.357 e. The molecule has 1 aromatic carbocycles. The number of carbonyl (C=O) groups is 1. The largest absolute Gasteiger partial charge is 0.357 e. The van der Waals surface area contributed by atoms with Crippen LogP contribution in [0.2, 0.25) is 0 Å². The minimum atomic E-state index is 0.213. The van der Waals surface area contributed by atoms with Crippen LogP contribution in [0, 0.1) is 17.2 Å². The Labute approximate surface area is 161 Å². The van der Waals surface area contributed by atoms with Crippen molar-refractivity contribution in [1.82, 2.24) is 9.88 Å². The molecule has 0 N–H and O–H groups in total. The number of piperidine rings is 1. The minimum absolute atomic E-state index is 0.213. The Morgan fingerprint density at radius 2 is 2.00 bits per heavy atom. The lowest BCUT2D eigenvalue weighted by Crippen LogP contribution is -2.35. The average molecular weight is 362 g/mol. The van der Waals surface area contributed by atoms with Gasteiger partial charge in [-0.2, -0.15) is 5.26 Å². The van der Waals surface area contributed by atoms with E-state index >= 15 is 0 Å². The maximum Gasteiger partial charge on any atom is 0.222 e. The summed E-state index contributed by atoms with van der Waals surface area (Å²) in [6.45, 7) is 2.53. The van der Waals surface area contributed by atoms with Crippen LogP contribution >= 0.6 is 0 Å². The summed E-state index contributed by atoms with van der Waals surface area (Å²) in [7, 11) is 1.88. The zero-order valence-electron chi connectivity index (χ0n) is 15.8. The number of benzene rings is 1. The van der Waals surface area contributed by atoms with E-state index in [1.54, 1.807) is 12.3 Å². The van der Waals surface area contributed by atoms with Gasteiger partial charge in [-0.3, -0.25) is 4.79 Å². The van der Waals surface area contributed by atoms with Gasteiger partial charge in [-0.05, 0) is 42.9 Å². The number of amides is 1. The molecule has 1 fully saturated rings. The van der Waals surface area contributed by atoms with Gasteiger partial charge >= 0.3 is 0 Å². The number of carbonyl (C=O) groups excluding carboxylic acids is 1. The number of nitriles is 1. The number of nitrogens with zero attached hydrogens (tertiary/aromatic N) is 4. The molecule has 1 aromatic heterocycles. The van der Waals surface area contributed by atoms with Crippen molar-refractivity contribution in [1.29, 1.82) is 5.26 Å². The monoisotopic (exact) mass is 362 g/mol. The Bertz CT molecular complexity index is 791. The van der Waals surface area contributed by atoms with Gasteiger partial charge in [-0.1, -0.05) is 30.3 Å². The van der Waals surface area contributed by atoms with Crippen LogP contribution in [0.3, 0.4) is 0 Å². The van der Waals surface area contributed by atoms with E-state index in [2.05, 4.69) is 28.1 Å². The third-order valence-corrected chi connectivity index (χ3v) is 5.27. The highest BCUT2D eigenvalue weighted by atomic mass is 16.2. The molecular weight excluding hydrogens is 336 g/mol. The van der Waals surface area contributed by atoms with Crippen molar-refractivity contribution >= 4 is 11.7 Å². The summed E-state index contributed by atoms with van der Waals surface area (Å²) in [5, 5.41) is 9.03. The lowest BCUT2D eigenvalue weighted by molar-refractivity contribution is -0.130. The Morgan fingerprint density at radius 1 is 1.26 bits per heavy atom. The van der Waals surface area contributed by atoms with Crippen molar-refractivity contribution < 1.29 is 4.79 Å². The zero-order chi connectivity index (χ0) is 19.1. The molecule has 1 aliphatic heterocycles. The van der Waals surface area contributed by atoms with Crippen molar-refractivity contribution in [2.75, 3.05) is 25.0 Å². The molecule has 5 nitrogen and oxygen atoms in total. The molecule has 2 heterocycles. The van der Waals surface area contributed by atoms with E-state index in [-0.39, 0.29) is 5.91 Å². The number of aromatic nitrogens is 1. The van der Waals surface area contributed by atoms with Crippen LogP contribution in [0.1, 0.15) is 36.8 Å². The number of rotatable bonds is 6. The third kappa shape index (κ3) is 5.30. The molecule has 1 aliphatic rings. The zero-order valence-corrected chi connectivity index (χ0v) is 15.8. The number of hydrogen-bond acceptors (Lipinski definition) is 4. The fourth-order valence-corrected chi connectivity index (χ4v) is 3.58. The van der Waals surface area contributed by atoms with Crippen LogP contribution in [0.15, 0.2) is 48.7 Å². The van der Waals surface area contributed by atoms with Crippen molar-refractivity contribution in [3.63, 3.8) is 0 Å². The molecule has 2 aromatic rings. The maximum absolute atomic E-state index is 12.4. The van der Waals surface area contributed by atoms with Crippen molar-refractivity contribution in [2.45, 2.75) is 32.2 Å². The van der Waals surface area contributed by atoms with Gasteiger partial charge < -0.3 is 9.80 Å². The Balaban J connectivity index is 1.42. The van der Waals surface area contributed by atoms with Gasteiger partial charge in [-0.15, -0.1) is 0 Å². The average Bonchev–Trinajstić information content (AvgIpc) is 2.73. The molecule has 0 spiro atoms. The summed E-state index contributed by atoms with van der Waals surface area (Å²) in [5.41, 5.74) is 1.81. The fraction of sp³-hybridized carbons (Fsp3) is 0.409. The van der Waals surface area contributed by atoms with E-state index in [0.717, 1.165) is 43.7 Å². The van der Waals surface area contributed by atoms with Crippen LogP contribution in [-0.2, 0) is 11.3 Å². The smallest absolute Gasteiger partial charge is 0.222 e. The van der Waals surface area contributed by atoms with Crippen LogP contribution in [0.25, 0.3) is 0 Å². The predicted octanol–water partition coefficient (Wildman–Crippen LogP) is 3.61. The van der Waals surface area contributed by atoms with E-state index < -0.39 is 0 Å². The van der Waals surface area contributed by atoms with Gasteiger partial charge in [0.1, 0.15) is 5.82 Å². The van der Waals surface area contributed by atoms with Crippen molar-refractivity contribution in [3.05, 3.63) is 59.8 Å². The lowest BCUT2D eigenvalue weighted by Gasteiger charge is -2.33. The van der Waals surface area contributed by atoms with Crippen LogP contribution < -0.4 is 4.90 Å². The topological polar surface area (TPSA) is 60.2 Å². The van der Waals surface area contributed by atoms with Crippen LogP contribution in [0.5, 0.6) is 0 Å². The van der Waals surface area contributed by atoms with Gasteiger partial charge in [0.15, 0.2) is 0 Å². The molecule has 0 saturated carbocycles. The molecule has 0 radical (unpaired) electrons. The third-order valence-electron chi connectivity index (χ3n) is 5.27. The quantitative estimate of drug-likeness (QED) is 0.788. The SMILES string of the molecule is CN(Cc1ccccc1)C(=O)CCC1CCN(c2cc(C#N)ccn2)CC1. The second kappa shape index (κ2) is 9.18. The summed E-state index contributed by atoms with van der Waals surface area (Å²) >= 11 is 0. The van der Waals surface area contributed by atoms with E-state index in [9.17, 15) is 4.79 Å². The first-order valence-corrected chi connectivity index (χ1v) is 9.54. The molecule has 0 unspecified atom stereocenters. The van der Waals surface area contributed by atoms with Crippen LogP contribution in [0.4, 0.5) is 5.82 Å². The summed E-state index contributed by atoms with van der Waals surface area (Å²) in [6, 6.07) is 15.8. The summed E-state index contributed by atoms with van der Waals surface area (Å²) in [5.74, 6) is 1.67. The maximum atomic E-state index is 12.4. The number of anilines is 1. The number of hydrogen-bond donors (Lipinski definition) is 0. The normalized spacial score (nSPS) is 14.6.